The second kappa shape index (κ2) is 12.1. The van der Waals surface area contributed by atoms with Gasteiger partial charge in [0, 0.05) is 24.2 Å². The maximum absolute atomic E-state index is 14.3. The van der Waals surface area contributed by atoms with Crippen molar-refractivity contribution in [3.63, 3.8) is 0 Å². The van der Waals surface area contributed by atoms with E-state index in [2.05, 4.69) is 17.2 Å². The number of nitrogens with one attached hydrogen (secondary N) is 2. The molecule has 6 nitrogen and oxygen atoms in total. The molecule has 2 aliphatic carbocycles. The van der Waals surface area contributed by atoms with Gasteiger partial charge in [-0.2, -0.15) is 0 Å². The van der Waals surface area contributed by atoms with Gasteiger partial charge < -0.3 is 26.4 Å². The van der Waals surface area contributed by atoms with Crippen molar-refractivity contribution in [3.8, 4) is 0 Å². The molecule has 0 radical (unpaired) electrons. The smallest absolute Gasteiger partial charge is 0.155 e. The molecule has 2 fully saturated rings. The van der Waals surface area contributed by atoms with Crippen molar-refractivity contribution in [2.24, 2.45) is 10.7 Å². The molecule has 188 valence electrons. The number of amidine groups is 1. The molecule has 0 aliphatic heterocycles. The first-order valence-electron chi connectivity index (χ1n) is 12.1. The van der Waals surface area contributed by atoms with Crippen molar-refractivity contribution in [1.29, 1.82) is 0 Å². The molecule has 0 bridgehead atoms. The van der Waals surface area contributed by atoms with E-state index in [0.29, 0.717) is 29.5 Å². The normalized spacial score (nSPS) is 22.4. The predicted octanol–water partition coefficient (Wildman–Crippen LogP) is 4.73. The molecule has 34 heavy (non-hydrogen) atoms. The zero-order chi connectivity index (χ0) is 24.7. The van der Waals surface area contributed by atoms with Crippen LogP contribution in [0.15, 0.2) is 41.3 Å². The number of benzene rings is 1. The van der Waals surface area contributed by atoms with Crippen molar-refractivity contribution < 1.29 is 18.3 Å². The molecule has 9 heteroatoms. The summed E-state index contributed by atoms with van der Waals surface area (Å²) in [5.41, 5.74) is 6.37. The van der Waals surface area contributed by atoms with E-state index in [1.165, 1.54) is 0 Å². The van der Waals surface area contributed by atoms with Crippen LogP contribution in [0.1, 0.15) is 64.7 Å². The number of anilines is 1. The lowest BCUT2D eigenvalue weighted by Crippen LogP contribution is -2.46. The molecule has 0 saturated heterocycles. The number of rotatable bonds is 8. The monoisotopic (exact) mass is 479 g/mol. The Balaban J connectivity index is 1.84. The highest BCUT2D eigenvalue weighted by atomic mass is 19.1. The Bertz CT molecular complexity index is 883. The summed E-state index contributed by atoms with van der Waals surface area (Å²) in [6, 6.07) is 1.54. The topological polar surface area (TPSA) is 85.9 Å². The van der Waals surface area contributed by atoms with E-state index >= 15 is 0 Å². The number of halogens is 3. The SMILES string of the molecule is C=C(/N=C(\C(N)=C/C)N(CNc1c(F)cc(F)cc1F)C1CCCCC1)NC1CCC(O)CC1. The summed E-state index contributed by atoms with van der Waals surface area (Å²) >= 11 is 0. The Morgan fingerprint density at radius 3 is 2.32 bits per heavy atom. The van der Waals surface area contributed by atoms with Crippen LogP contribution < -0.4 is 16.4 Å². The van der Waals surface area contributed by atoms with Gasteiger partial charge in [-0.25, -0.2) is 18.2 Å². The Morgan fingerprint density at radius 2 is 1.74 bits per heavy atom. The largest absolute Gasteiger partial charge is 0.396 e. The number of aliphatic hydroxyl groups is 1. The average Bonchev–Trinajstić information content (AvgIpc) is 2.81. The van der Waals surface area contributed by atoms with Crippen molar-refractivity contribution in [2.75, 3.05) is 12.0 Å². The first-order valence-corrected chi connectivity index (χ1v) is 12.1. The maximum Gasteiger partial charge on any atom is 0.155 e. The molecule has 5 N–H and O–H groups in total. The number of nitrogens with zero attached hydrogens (tertiary/aromatic N) is 2. The minimum absolute atomic E-state index is 0.0421. The first kappa shape index (κ1) is 25.9. The molecule has 3 rings (SSSR count). The van der Waals surface area contributed by atoms with Gasteiger partial charge in [-0.1, -0.05) is 31.9 Å². The van der Waals surface area contributed by atoms with Crippen LogP contribution in [0.25, 0.3) is 0 Å². The van der Waals surface area contributed by atoms with Gasteiger partial charge in [0.15, 0.2) is 17.5 Å². The van der Waals surface area contributed by atoms with E-state index in [-0.39, 0.29) is 24.9 Å². The van der Waals surface area contributed by atoms with Gasteiger partial charge in [-0.05, 0) is 45.4 Å². The standard InChI is InChI=1S/C25H36F3N5O/c1-3-23(29)25(32-16(2)31-18-9-11-20(34)12-10-18)33(19-7-5-4-6-8-19)15-30-24-21(27)13-17(26)14-22(24)28/h3,13-14,18-20,30-31,34H,2,4-12,15,29H2,1H3/b23-3+,32-25+. The minimum atomic E-state index is -0.996. The van der Waals surface area contributed by atoms with E-state index in [4.69, 9.17) is 10.7 Å². The van der Waals surface area contributed by atoms with Crippen LogP contribution in [0.5, 0.6) is 0 Å². The third-order valence-corrected chi connectivity index (χ3v) is 6.60. The molecule has 0 heterocycles. The summed E-state index contributed by atoms with van der Waals surface area (Å²) < 4.78 is 41.9. The Kier molecular flexibility index (Phi) is 9.27. The lowest BCUT2D eigenvalue weighted by molar-refractivity contribution is 0.118. The zero-order valence-corrected chi connectivity index (χ0v) is 19.8. The van der Waals surface area contributed by atoms with Crippen LogP contribution in [0.2, 0.25) is 0 Å². The van der Waals surface area contributed by atoms with E-state index in [1.807, 2.05) is 4.90 Å². The van der Waals surface area contributed by atoms with Crippen LogP contribution in [0, 0.1) is 17.5 Å². The fraction of sp³-hybridized carbons (Fsp3) is 0.560. The molecule has 2 aliphatic rings. The predicted molar refractivity (Wildman–Crippen MR) is 129 cm³/mol. The van der Waals surface area contributed by atoms with Gasteiger partial charge in [0.05, 0.1) is 18.5 Å². The molecular formula is C25H36F3N5O. The second-order valence-corrected chi connectivity index (χ2v) is 9.12. The van der Waals surface area contributed by atoms with E-state index in [0.717, 1.165) is 57.8 Å². The summed E-state index contributed by atoms with van der Waals surface area (Å²) in [5, 5.41) is 15.9. The third kappa shape index (κ3) is 6.91. The van der Waals surface area contributed by atoms with Gasteiger partial charge in [0.2, 0.25) is 0 Å². The molecule has 0 atom stereocenters. The Morgan fingerprint density at radius 1 is 1.12 bits per heavy atom. The minimum Gasteiger partial charge on any atom is -0.396 e. The fourth-order valence-electron chi connectivity index (χ4n) is 4.68. The van der Waals surface area contributed by atoms with Gasteiger partial charge >= 0.3 is 0 Å². The third-order valence-electron chi connectivity index (χ3n) is 6.60. The van der Waals surface area contributed by atoms with Crippen molar-refractivity contribution >= 4 is 11.5 Å². The van der Waals surface area contributed by atoms with Crippen LogP contribution in [-0.2, 0) is 0 Å². The fourth-order valence-corrected chi connectivity index (χ4v) is 4.68. The molecule has 0 unspecified atom stereocenters. The van der Waals surface area contributed by atoms with Crippen molar-refractivity contribution in [3.05, 3.63) is 53.8 Å². The number of nitrogens with two attached hydrogens (primary N) is 1. The Hall–Kier alpha value is -2.68. The van der Waals surface area contributed by atoms with Crippen molar-refractivity contribution in [2.45, 2.75) is 82.9 Å². The van der Waals surface area contributed by atoms with E-state index < -0.39 is 23.1 Å². The molecule has 1 aromatic carbocycles. The molecule has 2 saturated carbocycles. The number of allylic oxidation sites excluding steroid dienone is 1. The van der Waals surface area contributed by atoms with Crippen LogP contribution in [-0.4, -0.2) is 40.7 Å². The Labute approximate surface area is 199 Å². The summed E-state index contributed by atoms with van der Waals surface area (Å²) in [6.07, 6.45) is 9.56. The summed E-state index contributed by atoms with van der Waals surface area (Å²) in [7, 11) is 0. The first-order chi connectivity index (χ1) is 16.3. The number of hydrogen-bond acceptors (Lipinski definition) is 5. The second-order valence-electron chi connectivity index (χ2n) is 9.12. The molecule has 0 spiro atoms. The van der Waals surface area contributed by atoms with Gasteiger partial charge in [-0.15, -0.1) is 0 Å². The highest BCUT2D eigenvalue weighted by Crippen LogP contribution is 2.26. The summed E-state index contributed by atoms with van der Waals surface area (Å²) in [5.74, 6) is -2.05. The number of aliphatic imine (C=N–C) groups is 1. The lowest BCUT2D eigenvalue weighted by Gasteiger charge is -2.37. The van der Waals surface area contributed by atoms with Crippen LogP contribution in [0.4, 0.5) is 18.9 Å². The zero-order valence-electron chi connectivity index (χ0n) is 19.8. The van der Waals surface area contributed by atoms with Gasteiger partial charge in [0.25, 0.3) is 0 Å². The highest BCUT2D eigenvalue weighted by molar-refractivity contribution is 5.98. The van der Waals surface area contributed by atoms with Crippen LogP contribution >= 0.6 is 0 Å². The number of aliphatic hydroxyl groups excluding tert-OH is 1. The van der Waals surface area contributed by atoms with E-state index in [9.17, 15) is 18.3 Å². The quantitative estimate of drug-likeness (QED) is 0.246. The van der Waals surface area contributed by atoms with Crippen molar-refractivity contribution in [1.82, 2.24) is 10.2 Å². The molecule has 0 amide bonds. The van der Waals surface area contributed by atoms with E-state index in [1.54, 1.807) is 13.0 Å². The van der Waals surface area contributed by atoms with Gasteiger partial charge in [-0.3, -0.25) is 0 Å². The molecular weight excluding hydrogens is 443 g/mol. The van der Waals surface area contributed by atoms with Gasteiger partial charge in [0.1, 0.15) is 17.3 Å². The number of hydrogen-bond donors (Lipinski definition) is 4. The maximum atomic E-state index is 14.3. The lowest BCUT2D eigenvalue weighted by atomic mass is 9.93. The highest BCUT2D eigenvalue weighted by Gasteiger charge is 2.27. The molecule has 0 aromatic heterocycles. The summed E-state index contributed by atoms with van der Waals surface area (Å²) in [4.78, 5) is 6.63. The van der Waals surface area contributed by atoms with Crippen LogP contribution in [0.3, 0.4) is 0 Å². The molecule has 1 aromatic rings. The average molecular weight is 480 g/mol. The summed E-state index contributed by atoms with van der Waals surface area (Å²) in [6.45, 7) is 5.90.